The van der Waals surface area contributed by atoms with E-state index in [0.717, 1.165) is 37.8 Å². The zero-order valence-corrected chi connectivity index (χ0v) is 11.2. The minimum absolute atomic E-state index is 0.111. The minimum atomic E-state index is -4.42. The molecule has 1 aromatic heterocycles. The summed E-state index contributed by atoms with van der Waals surface area (Å²) >= 11 is 0. The Morgan fingerprint density at radius 1 is 1.25 bits per heavy atom. The van der Waals surface area contributed by atoms with Gasteiger partial charge in [0.05, 0.1) is 17.7 Å². The topological polar surface area (TPSA) is 57.2 Å². The van der Waals surface area contributed by atoms with Crippen molar-refractivity contribution in [1.82, 2.24) is 4.98 Å². The van der Waals surface area contributed by atoms with Gasteiger partial charge in [0.2, 0.25) is 0 Å². The first-order chi connectivity index (χ1) is 9.38. The number of aliphatic hydroxyl groups excluding tert-OH is 1. The fourth-order valence-corrected chi connectivity index (χ4v) is 2.53. The van der Waals surface area contributed by atoms with Crippen molar-refractivity contribution in [3.8, 4) is 0 Å². The highest BCUT2D eigenvalue weighted by molar-refractivity contribution is 5.51. The summed E-state index contributed by atoms with van der Waals surface area (Å²) in [4.78, 5) is 4.09. The van der Waals surface area contributed by atoms with Crippen molar-refractivity contribution in [3.05, 3.63) is 17.7 Å². The van der Waals surface area contributed by atoms with Crippen LogP contribution in [0.4, 0.5) is 24.8 Å². The maximum absolute atomic E-state index is 12.8. The van der Waals surface area contributed by atoms with Gasteiger partial charge < -0.3 is 15.7 Å². The van der Waals surface area contributed by atoms with E-state index >= 15 is 0 Å². The summed E-state index contributed by atoms with van der Waals surface area (Å²) in [7, 11) is 1.52. The summed E-state index contributed by atoms with van der Waals surface area (Å²) in [6.07, 6.45) is -1.06. The molecule has 1 aromatic rings. The molecule has 1 heterocycles. The SMILES string of the molecule is CNc1cc(C(F)(F)F)cc(NC2(CO)CCCC2)n1. The molecular formula is C13H18F3N3O. The van der Waals surface area contributed by atoms with Gasteiger partial charge in [-0.25, -0.2) is 4.98 Å². The molecule has 20 heavy (non-hydrogen) atoms. The van der Waals surface area contributed by atoms with Gasteiger partial charge >= 0.3 is 6.18 Å². The predicted octanol–water partition coefficient (Wildman–Crippen LogP) is 2.86. The van der Waals surface area contributed by atoms with Crippen molar-refractivity contribution in [2.45, 2.75) is 37.4 Å². The van der Waals surface area contributed by atoms with Gasteiger partial charge in [-0.2, -0.15) is 13.2 Å². The lowest BCUT2D eigenvalue weighted by Crippen LogP contribution is -2.39. The lowest BCUT2D eigenvalue weighted by atomic mass is 9.99. The summed E-state index contributed by atoms with van der Waals surface area (Å²) in [5, 5.41) is 15.1. The number of halogens is 3. The van der Waals surface area contributed by atoms with E-state index in [-0.39, 0.29) is 18.2 Å². The Bertz CT molecular complexity index is 470. The number of nitrogens with zero attached hydrogens (tertiary/aromatic N) is 1. The molecule has 0 spiro atoms. The third kappa shape index (κ3) is 3.15. The number of aromatic nitrogens is 1. The summed E-state index contributed by atoms with van der Waals surface area (Å²) in [6, 6.07) is 1.95. The second-order valence-corrected chi connectivity index (χ2v) is 5.14. The van der Waals surface area contributed by atoms with Crippen LogP contribution in [0.3, 0.4) is 0 Å². The lowest BCUT2D eigenvalue weighted by Gasteiger charge is -2.29. The smallest absolute Gasteiger partial charge is 0.394 e. The molecule has 0 atom stereocenters. The maximum Gasteiger partial charge on any atom is 0.416 e. The van der Waals surface area contributed by atoms with Gasteiger partial charge in [-0.05, 0) is 25.0 Å². The van der Waals surface area contributed by atoms with E-state index in [4.69, 9.17) is 0 Å². The Morgan fingerprint density at radius 2 is 1.85 bits per heavy atom. The van der Waals surface area contributed by atoms with Gasteiger partial charge in [-0.1, -0.05) is 12.8 Å². The normalized spacial score (nSPS) is 18.1. The summed E-state index contributed by atoms with van der Waals surface area (Å²) in [6.45, 7) is -0.111. The Kier molecular flexibility index (Phi) is 4.08. The quantitative estimate of drug-likeness (QED) is 0.798. The number of alkyl halides is 3. The molecule has 1 saturated carbocycles. The monoisotopic (exact) mass is 289 g/mol. The van der Waals surface area contributed by atoms with Crippen LogP contribution in [0, 0.1) is 0 Å². The van der Waals surface area contributed by atoms with E-state index in [9.17, 15) is 18.3 Å². The summed E-state index contributed by atoms with van der Waals surface area (Å²) in [5.41, 5.74) is -1.31. The first kappa shape index (κ1) is 14.9. The van der Waals surface area contributed by atoms with Crippen LogP contribution in [0.2, 0.25) is 0 Å². The Morgan fingerprint density at radius 3 is 2.35 bits per heavy atom. The van der Waals surface area contributed by atoms with E-state index in [2.05, 4.69) is 15.6 Å². The molecule has 4 nitrogen and oxygen atoms in total. The highest BCUT2D eigenvalue weighted by Gasteiger charge is 2.35. The van der Waals surface area contributed by atoms with Crippen LogP contribution in [0.1, 0.15) is 31.2 Å². The van der Waals surface area contributed by atoms with Gasteiger partial charge in [0.15, 0.2) is 0 Å². The molecule has 1 aliphatic carbocycles. The van der Waals surface area contributed by atoms with Crippen LogP contribution < -0.4 is 10.6 Å². The summed E-state index contributed by atoms with van der Waals surface area (Å²) in [5.74, 6) is 0.286. The van der Waals surface area contributed by atoms with Gasteiger partial charge in [0.1, 0.15) is 11.6 Å². The number of hydrogen-bond donors (Lipinski definition) is 3. The second-order valence-electron chi connectivity index (χ2n) is 5.14. The minimum Gasteiger partial charge on any atom is -0.394 e. The third-order valence-corrected chi connectivity index (χ3v) is 3.67. The molecule has 112 valence electrons. The first-order valence-electron chi connectivity index (χ1n) is 6.55. The molecule has 0 bridgehead atoms. The fourth-order valence-electron chi connectivity index (χ4n) is 2.53. The number of rotatable bonds is 4. The average molecular weight is 289 g/mol. The molecule has 0 radical (unpaired) electrons. The molecule has 2 rings (SSSR count). The van der Waals surface area contributed by atoms with Crippen LogP contribution in [0.5, 0.6) is 0 Å². The lowest BCUT2D eigenvalue weighted by molar-refractivity contribution is -0.137. The molecule has 1 fully saturated rings. The number of aliphatic hydroxyl groups is 1. The summed E-state index contributed by atoms with van der Waals surface area (Å²) < 4.78 is 38.5. The van der Waals surface area contributed by atoms with Gasteiger partial charge in [-0.3, -0.25) is 0 Å². The van der Waals surface area contributed by atoms with E-state index in [0.29, 0.717) is 0 Å². The second kappa shape index (κ2) is 5.47. The van der Waals surface area contributed by atoms with E-state index in [1.807, 2.05) is 0 Å². The van der Waals surface area contributed by atoms with Crippen LogP contribution in [-0.2, 0) is 6.18 Å². The highest BCUT2D eigenvalue weighted by atomic mass is 19.4. The van der Waals surface area contributed by atoms with Crippen molar-refractivity contribution in [2.75, 3.05) is 24.3 Å². The highest BCUT2D eigenvalue weighted by Crippen LogP contribution is 2.35. The standard InChI is InChI=1S/C13H18F3N3O/c1-17-10-6-9(13(14,15)16)7-11(18-10)19-12(8-20)4-2-3-5-12/h6-7,20H,2-5,8H2,1H3,(H2,17,18,19). The average Bonchev–Trinajstić information content (AvgIpc) is 2.86. The van der Waals surface area contributed by atoms with Gasteiger partial charge in [-0.15, -0.1) is 0 Å². The Hall–Kier alpha value is -1.50. The molecule has 0 unspecified atom stereocenters. The largest absolute Gasteiger partial charge is 0.416 e. The maximum atomic E-state index is 12.8. The Balaban J connectivity index is 2.31. The predicted molar refractivity (Wildman–Crippen MR) is 70.7 cm³/mol. The Labute approximate surface area is 115 Å². The number of nitrogens with one attached hydrogen (secondary N) is 2. The van der Waals surface area contributed by atoms with Crippen LogP contribution >= 0.6 is 0 Å². The fraction of sp³-hybridized carbons (Fsp3) is 0.615. The van der Waals surface area contributed by atoms with Crippen LogP contribution in [-0.4, -0.2) is 29.3 Å². The van der Waals surface area contributed by atoms with E-state index in [1.54, 1.807) is 0 Å². The molecule has 0 amide bonds. The van der Waals surface area contributed by atoms with Gasteiger partial charge in [0.25, 0.3) is 0 Å². The van der Waals surface area contributed by atoms with Crippen molar-refractivity contribution < 1.29 is 18.3 Å². The zero-order valence-electron chi connectivity index (χ0n) is 11.2. The molecule has 0 saturated heterocycles. The van der Waals surface area contributed by atoms with Crippen molar-refractivity contribution >= 4 is 11.6 Å². The van der Waals surface area contributed by atoms with Crippen LogP contribution in [0.25, 0.3) is 0 Å². The zero-order chi connectivity index (χ0) is 14.8. The molecule has 0 aromatic carbocycles. The molecular weight excluding hydrogens is 271 g/mol. The van der Waals surface area contributed by atoms with Gasteiger partial charge in [0, 0.05) is 7.05 Å². The van der Waals surface area contributed by atoms with Crippen molar-refractivity contribution in [2.24, 2.45) is 0 Å². The molecule has 3 N–H and O–H groups in total. The molecule has 0 aliphatic heterocycles. The number of pyridine rings is 1. The van der Waals surface area contributed by atoms with Crippen molar-refractivity contribution in [3.63, 3.8) is 0 Å². The molecule has 1 aliphatic rings. The van der Waals surface area contributed by atoms with E-state index in [1.165, 1.54) is 7.05 Å². The molecule has 7 heteroatoms. The number of hydrogen-bond acceptors (Lipinski definition) is 4. The van der Waals surface area contributed by atoms with Crippen molar-refractivity contribution in [1.29, 1.82) is 0 Å². The van der Waals surface area contributed by atoms with E-state index < -0.39 is 17.3 Å². The first-order valence-corrected chi connectivity index (χ1v) is 6.55. The van der Waals surface area contributed by atoms with Crippen LogP contribution in [0.15, 0.2) is 12.1 Å². The number of anilines is 2. The third-order valence-electron chi connectivity index (χ3n) is 3.67.